The fraction of sp³-hybridized carbons (Fsp3) is 0.571. The summed E-state index contributed by atoms with van der Waals surface area (Å²) >= 11 is 0. The first kappa shape index (κ1) is 11.6. The highest BCUT2D eigenvalue weighted by Crippen LogP contribution is 2.06. The summed E-state index contributed by atoms with van der Waals surface area (Å²) in [6.45, 7) is 8.10. The topological polar surface area (TPSA) is 15.3 Å². The smallest absolute Gasteiger partial charge is 0.0108 e. The molecule has 1 N–H and O–H groups in total. The summed E-state index contributed by atoms with van der Waals surface area (Å²) in [5.74, 6) is 0. The lowest BCUT2D eigenvalue weighted by atomic mass is 10.1. The van der Waals surface area contributed by atoms with E-state index in [-0.39, 0.29) is 0 Å². The first-order valence-corrected chi connectivity index (χ1v) is 6.39. The Hall–Kier alpha value is -0.860. The zero-order chi connectivity index (χ0) is 11.2. The molecule has 0 bridgehead atoms. The Bertz CT molecular complexity index is 299. The first-order valence-electron chi connectivity index (χ1n) is 6.39. The lowest BCUT2D eigenvalue weighted by Gasteiger charge is -2.27. The van der Waals surface area contributed by atoms with Crippen LogP contribution in [0.25, 0.3) is 0 Å². The average Bonchev–Trinajstić information content (AvgIpc) is 2.38. The summed E-state index contributed by atoms with van der Waals surface area (Å²) < 4.78 is 0. The molecule has 0 spiro atoms. The minimum absolute atomic E-state index is 1.14. The number of aryl methyl sites for hydroxylation is 1. The number of nitrogens with one attached hydrogen (secondary N) is 1. The summed E-state index contributed by atoms with van der Waals surface area (Å²) in [5, 5.41) is 3.39. The molecule has 1 aliphatic heterocycles. The van der Waals surface area contributed by atoms with Gasteiger partial charge in [-0.2, -0.15) is 0 Å². The van der Waals surface area contributed by atoms with Crippen LogP contribution in [0.3, 0.4) is 0 Å². The second kappa shape index (κ2) is 6.02. The van der Waals surface area contributed by atoms with E-state index in [0.717, 1.165) is 19.5 Å². The second-order valence-corrected chi connectivity index (χ2v) is 4.51. The van der Waals surface area contributed by atoms with Gasteiger partial charge in [0.2, 0.25) is 0 Å². The number of hydrogen-bond donors (Lipinski definition) is 1. The van der Waals surface area contributed by atoms with E-state index in [0.29, 0.717) is 0 Å². The third-order valence-electron chi connectivity index (χ3n) is 3.36. The number of hydrogen-bond acceptors (Lipinski definition) is 2. The Kier molecular flexibility index (Phi) is 4.37. The van der Waals surface area contributed by atoms with Crippen LogP contribution in [0.15, 0.2) is 24.3 Å². The van der Waals surface area contributed by atoms with Crippen LogP contribution >= 0.6 is 0 Å². The van der Waals surface area contributed by atoms with Gasteiger partial charge in [-0.05, 0) is 24.0 Å². The highest BCUT2D eigenvalue weighted by molar-refractivity contribution is 5.22. The van der Waals surface area contributed by atoms with Gasteiger partial charge in [-0.25, -0.2) is 0 Å². The molecule has 0 aliphatic carbocycles. The van der Waals surface area contributed by atoms with Gasteiger partial charge in [0.1, 0.15) is 0 Å². The van der Waals surface area contributed by atoms with Crippen molar-refractivity contribution in [3.63, 3.8) is 0 Å². The zero-order valence-corrected chi connectivity index (χ0v) is 10.2. The van der Waals surface area contributed by atoms with Crippen LogP contribution in [-0.4, -0.2) is 37.6 Å². The van der Waals surface area contributed by atoms with Crippen LogP contribution in [0.1, 0.15) is 18.1 Å². The van der Waals surface area contributed by atoms with Crippen LogP contribution in [0.2, 0.25) is 0 Å². The molecule has 1 aromatic rings. The fourth-order valence-electron chi connectivity index (χ4n) is 2.16. The summed E-state index contributed by atoms with van der Waals surface area (Å²) in [6, 6.07) is 9.07. The van der Waals surface area contributed by atoms with Crippen molar-refractivity contribution in [3.05, 3.63) is 35.4 Å². The largest absolute Gasteiger partial charge is 0.314 e. The van der Waals surface area contributed by atoms with Crippen LogP contribution in [0, 0.1) is 0 Å². The Morgan fingerprint density at radius 2 is 1.69 bits per heavy atom. The molecule has 1 aromatic carbocycles. The Morgan fingerprint density at radius 3 is 2.31 bits per heavy atom. The van der Waals surface area contributed by atoms with Gasteiger partial charge in [-0.15, -0.1) is 0 Å². The Balaban J connectivity index is 1.79. The molecular weight excluding hydrogens is 196 g/mol. The molecule has 1 fully saturated rings. The molecule has 0 aromatic heterocycles. The molecule has 0 unspecified atom stereocenters. The van der Waals surface area contributed by atoms with Crippen molar-refractivity contribution < 1.29 is 0 Å². The van der Waals surface area contributed by atoms with E-state index in [1.165, 1.54) is 37.2 Å². The number of nitrogens with zero attached hydrogens (tertiary/aromatic N) is 1. The standard InChI is InChI=1S/C14H22N2/c1-2-13-3-5-14(6-4-13)7-10-16-11-8-15-9-12-16/h3-6,15H,2,7-12H2,1H3. The van der Waals surface area contributed by atoms with E-state index >= 15 is 0 Å². The molecule has 1 aliphatic rings. The lowest BCUT2D eigenvalue weighted by Crippen LogP contribution is -2.44. The number of rotatable bonds is 4. The minimum atomic E-state index is 1.14. The van der Waals surface area contributed by atoms with Gasteiger partial charge in [0, 0.05) is 32.7 Å². The second-order valence-electron chi connectivity index (χ2n) is 4.51. The van der Waals surface area contributed by atoms with Crippen molar-refractivity contribution in [2.45, 2.75) is 19.8 Å². The van der Waals surface area contributed by atoms with Gasteiger partial charge >= 0.3 is 0 Å². The van der Waals surface area contributed by atoms with E-state index in [4.69, 9.17) is 0 Å². The molecule has 1 heterocycles. The molecule has 16 heavy (non-hydrogen) atoms. The van der Waals surface area contributed by atoms with E-state index in [9.17, 15) is 0 Å². The van der Waals surface area contributed by atoms with E-state index in [1.807, 2.05) is 0 Å². The van der Waals surface area contributed by atoms with Crippen LogP contribution in [0.4, 0.5) is 0 Å². The van der Waals surface area contributed by atoms with Crippen LogP contribution < -0.4 is 5.32 Å². The molecule has 0 saturated carbocycles. The maximum atomic E-state index is 3.39. The summed E-state index contributed by atoms with van der Waals surface area (Å²) in [7, 11) is 0. The van der Waals surface area contributed by atoms with E-state index in [2.05, 4.69) is 41.4 Å². The van der Waals surface area contributed by atoms with Crippen molar-refractivity contribution in [2.75, 3.05) is 32.7 Å². The molecular formula is C14H22N2. The van der Waals surface area contributed by atoms with Crippen molar-refractivity contribution in [3.8, 4) is 0 Å². The predicted octanol–water partition coefficient (Wildman–Crippen LogP) is 1.70. The molecule has 2 heteroatoms. The van der Waals surface area contributed by atoms with Gasteiger partial charge in [-0.1, -0.05) is 31.2 Å². The maximum absolute atomic E-state index is 3.39. The van der Waals surface area contributed by atoms with Gasteiger partial charge in [-0.3, -0.25) is 0 Å². The molecule has 1 saturated heterocycles. The van der Waals surface area contributed by atoms with Gasteiger partial charge in [0.05, 0.1) is 0 Å². The normalized spacial score (nSPS) is 17.6. The van der Waals surface area contributed by atoms with Crippen molar-refractivity contribution in [2.24, 2.45) is 0 Å². The average molecular weight is 218 g/mol. The number of benzene rings is 1. The maximum Gasteiger partial charge on any atom is 0.0108 e. The molecule has 2 nitrogen and oxygen atoms in total. The van der Waals surface area contributed by atoms with Gasteiger partial charge in [0.15, 0.2) is 0 Å². The molecule has 0 amide bonds. The fourth-order valence-corrected chi connectivity index (χ4v) is 2.16. The summed E-state index contributed by atoms with van der Waals surface area (Å²) in [5.41, 5.74) is 2.90. The van der Waals surface area contributed by atoms with E-state index in [1.54, 1.807) is 0 Å². The highest BCUT2D eigenvalue weighted by atomic mass is 15.2. The van der Waals surface area contributed by atoms with E-state index < -0.39 is 0 Å². The molecule has 0 atom stereocenters. The SMILES string of the molecule is CCc1ccc(CCN2CCNCC2)cc1. The molecule has 88 valence electrons. The third kappa shape index (κ3) is 3.32. The summed E-state index contributed by atoms with van der Waals surface area (Å²) in [4.78, 5) is 2.55. The number of piperazine rings is 1. The minimum Gasteiger partial charge on any atom is -0.314 e. The highest BCUT2D eigenvalue weighted by Gasteiger charge is 2.08. The van der Waals surface area contributed by atoms with Gasteiger partial charge < -0.3 is 10.2 Å². The van der Waals surface area contributed by atoms with Crippen molar-refractivity contribution in [1.29, 1.82) is 0 Å². The van der Waals surface area contributed by atoms with Crippen LogP contribution in [0.5, 0.6) is 0 Å². The van der Waals surface area contributed by atoms with Crippen molar-refractivity contribution in [1.82, 2.24) is 10.2 Å². The summed E-state index contributed by atoms with van der Waals surface area (Å²) in [6.07, 6.45) is 2.32. The predicted molar refractivity (Wildman–Crippen MR) is 68.8 cm³/mol. The quantitative estimate of drug-likeness (QED) is 0.827. The third-order valence-corrected chi connectivity index (χ3v) is 3.36. The molecule has 2 rings (SSSR count). The van der Waals surface area contributed by atoms with Crippen molar-refractivity contribution >= 4 is 0 Å². The van der Waals surface area contributed by atoms with Gasteiger partial charge in [0.25, 0.3) is 0 Å². The lowest BCUT2D eigenvalue weighted by molar-refractivity contribution is 0.244. The zero-order valence-electron chi connectivity index (χ0n) is 10.2. The monoisotopic (exact) mass is 218 g/mol. The Labute approximate surface area is 98.7 Å². The van der Waals surface area contributed by atoms with Crippen LogP contribution in [-0.2, 0) is 12.8 Å². The molecule has 0 radical (unpaired) electrons. The Morgan fingerprint density at radius 1 is 1.06 bits per heavy atom. The first-order chi connectivity index (χ1) is 7.88.